The van der Waals surface area contributed by atoms with Crippen LogP contribution in [0.5, 0.6) is 11.5 Å². The Bertz CT molecular complexity index is 1040. The van der Waals surface area contributed by atoms with Gasteiger partial charge in [-0.2, -0.15) is 0 Å². The first-order valence-electron chi connectivity index (χ1n) is 11.2. The van der Waals surface area contributed by atoms with Crippen molar-refractivity contribution in [3.8, 4) is 11.5 Å². The topological polar surface area (TPSA) is 102 Å². The lowest BCUT2D eigenvalue weighted by Gasteiger charge is -2.34. The molecule has 1 aliphatic rings. The number of hydrogen-bond donors (Lipinski definition) is 2. The van der Waals surface area contributed by atoms with Gasteiger partial charge in [-0.25, -0.2) is 4.79 Å². The fourth-order valence-corrected chi connectivity index (χ4v) is 4.28. The predicted molar refractivity (Wildman–Crippen MR) is 120 cm³/mol. The van der Waals surface area contributed by atoms with Crippen LogP contribution in [0.1, 0.15) is 53.4 Å². The van der Waals surface area contributed by atoms with Crippen LogP contribution in [0.3, 0.4) is 0 Å². The summed E-state index contributed by atoms with van der Waals surface area (Å²) in [6.45, 7) is 8.94. The van der Waals surface area contributed by atoms with Gasteiger partial charge >= 0.3 is 5.69 Å². The average molecular weight is 432 g/mol. The van der Waals surface area contributed by atoms with Crippen molar-refractivity contribution in [3.63, 3.8) is 0 Å². The Morgan fingerprint density at radius 2 is 1.81 bits per heavy atom. The quantitative estimate of drug-likeness (QED) is 0.669. The minimum Gasteiger partial charge on any atom is -0.490 e. The lowest BCUT2D eigenvalue weighted by atomic mass is 9.78. The van der Waals surface area contributed by atoms with Crippen LogP contribution in [-0.2, 0) is 11.3 Å². The number of aromatic amines is 1. The van der Waals surface area contributed by atoms with E-state index in [1.807, 2.05) is 13.8 Å². The highest BCUT2D eigenvalue weighted by Crippen LogP contribution is 2.31. The van der Waals surface area contributed by atoms with Crippen molar-refractivity contribution in [2.75, 3.05) is 13.2 Å². The molecule has 2 N–H and O–H groups in total. The molecule has 8 nitrogen and oxygen atoms in total. The van der Waals surface area contributed by atoms with Crippen molar-refractivity contribution in [2.24, 2.45) is 11.8 Å². The molecule has 3 atom stereocenters. The van der Waals surface area contributed by atoms with E-state index in [1.165, 1.54) is 6.42 Å². The van der Waals surface area contributed by atoms with Crippen LogP contribution < -0.4 is 26.0 Å². The highest BCUT2D eigenvalue weighted by atomic mass is 16.5. The smallest absolute Gasteiger partial charge is 0.328 e. The van der Waals surface area contributed by atoms with Crippen molar-refractivity contribution >= 4 is 16.8 Å². The molecule has 1 aliphatic carbocycles. The zero-order valence-electron chi connectivity index (χ0n) is 18.8. The lowest BCUT2D eigenvalue weighted by molar-refractivity contribution is -0.122. The van der Waals surface area contributed by atoms with Crippen molar-refractivity contribution in [1.29, 1.82) is 0 Å². The van der Waals surface area contributed by atoms with Crippen molar-refractivity contribution < 1.29 is 14.3 Å². The molecule has 0 unspecified atom stereocenters. The second kappa shape index (κ2) is 10.0. The normalized spacial score (nSPS) is 21.1. The molecular formula is C23H33N3O5. The van der Waals surface area contributed by atoms with Crippen LogP contribution in [0.4, 0.5) is 0 Å². The highest BCUT2D eigenvalue weighted by molar-refractivity contribution is 5.81. The number of H-pyrrole nitrogens is 1. The highest BCUT2D eigenvalue weighted by Gasteiger charge is 2.28. The van der Waals surface area contributed by atoms with Gasteiger partial charge in [0, 0.05) is 25.1 Å². The van der Waals surface area contributed by atoms with Crippen LogP contribution in [0.15, 0.2) is 21.7 Å². The molecule has 1 fully saturated rings. The number of nitrogens with one attached hydrogen (secondary N) is 2. The summed E-state index contributed by atoms with van der Waals surface area (Å²) in [6, 6.07) is 3.34. The molecule has 0 bridgehead atoms. The second-order valence-corrected chi connectivity index (χ2v) is 8.29. The Kier molecular flexibility index (Phi) is 7.41. The van der Waals surface area contributed by atoms with Gasteiger partial charge in [-0.15, -0.1) is 0 Å². The van der Waals surface area contributed by atoms with Crippen LogP contribution in [0, 0.1) is 11.8 Å². The van der Waals surface area contributed by atoms with Gasteiger partial charge in [0.2, 0.25) is 5.91 Å². The largest absolute Gasteiger partial charge is 0.490 e. The van der Waals surface area contributed by atoms with Crippen molar-refractivity contribution in [1.82, 2.24) is 14.9 Å². The molecule has 1 aromatic carbocycles. The number of hydrogen-bond acceptors (Lipinski definition) is 5. The maximum atomic E-state index is 13.0. The summed E-state index contributed by atoms with van der Waals surface area (Å²) in [4.78, 5) is 40.8. The van der Waals surface area contributed by atoms with Gasteiger partial charge in [0.25, 0.3) is 5.56 Å². The van der Waals surface area contributed by atoms with E-state index in [0.29, 0.717) is 47.5 Å². The third kappa shape index (κ3) is 5.11. The zero-order valence-corrected chi connectivity index (χ0v) is 18.8. The molecule has 0 saturated heterocycles. The van der Waals surface area contributed by atoms with Gasteiger partial charge in [0.15, 0.2) is 11.5 Å². The van der Waals surface area contributed by atoms with Gasteiger partial charge in [0.1, 0.15) is 0 Å². The number of carbonyl (C=O) groups excluding carboxylic acids is 1. The van der Waals surface area contributed by atoms with E-state index in [2.05, 4.69) is 24.1 Å². The maximum absolute atomic E-state index is 13.0. The van der Waals surface area contributed by atoms with Crippen molar-refractivity contribution in [3.05, 3.63) is 33.0 Å². The van der Waals surface area contributed by atoms with E-state index in [1.54, 1.807) is 12.1 Å². The minimum atomic E-state index is -0.545. The number of amides is 1. The Labute approximate surface area is 181 Å². The van der Waals surface area contributed by atoms with E-state index in [0.717, 1.165) is 17.4 Å². The van der Waals surface area contributed by atoms with E-state index < -0.39 is 11.2 Å². The summed E-state index contributed by atoms with van der Waals surface area (Å²) in [5, 5.41) is 3.41. The first kappa shape index (κ1) is 22.9. The number of carbonyl (C=O) groups is 1. The molecule has 1 heterocycles. The summed E-state index contributed by atoms with van der Waals surface area (Å²) >= 11 is 0. The summed E-state index contributed by atoms with van der Waals surface area (Å²) < 4.78 is 12.2. The molecule has 3 rings (SSSR count). The molecule has 0 aliphatic heterocycles. The Balaban J connectivity index is 1.80. The standard InChI is InChI=1S/C23H33N3O5/c1-5-30-19-12-16-18(13-20(19)31-6-2)25-23(29)26(22(16)28)11-10-21(27)24-17-9-7-8-14(3)15(17)4/h12-15,17H,5-11H2,1-4H3,(H,24,27)(H,25,29)/t14-,15-,17+/m0/s1. The Morgan fingerprint density at radius 3 is 2.48 bits per heavy atom. The van der Waals surface area contributed by atoms with Crippen LogP contribution in [0.2, 0.25) is 0 Å². The predicted octanol–water partition coefficient (Wildman–Crippen LogP) is 2.82. The van der Waals surface area contributed by atoms with E-state index in [9.17, 15) is 14.4 Å². The minimum absolute atomic E-state index is 0.0176. The molecule has 1 saturated carbocycles. The summed E-state index contributed by atoms with van der Waals surface area (Å²) in [6.07, 6.45) is 3.33. The number of ether oxygens (including phenoxy) is 2. The molecular weight excluding hydrogens is 398 g/mol. The number of fused-ring (bicyclic) bond motifs is 1. The number of nitrogens with zero attached hydrogens (tertiary/aromatic N) is 1. The SMILES string of the molecule is CCOc1cc2[nH]c(=O)n(CCC(=O)N[C@@H]3CCC[C@H](C)[C@@H]3C)c(=O)c2cc1OCC. The lowest BCUT2D eigenvalue weighted by Crippen LogP contribution is -2.44. The number of benzene rings is 1. The molecule has 31 heavy (non-hydrogen) atoms. The first-order valence-corrected chi connectivity index (χ1v) is 11.2. The average Bonchev–Trinajstić information content (AvgIpc) is 2.72. The fourth-order valence-electron chi connectivity index (χ4n) is 4.28. The Hall–Kier alpha value is -2.77. The molecule has 2 aromatic rings. The van der Waals surface area contributed by atoms with Crippen LogP contribution in [0.25, 0.3) is 10.9 Å². The first-order chi connectivity index (χ1) is 14.8. The van der Waals surface area contributed by atoms with E-state index in [4.69, 9.17) is 9.47 Å². The molecule has 0 spiro atoms. The third-order valence-corrected chi connectivity index (χ3v) is 6.26. The third-order valence-electron chi connectivity index (χ3n) is 6.26. The molecule has 1 amide bonds. The molecule has 0 radical (unpaired) electrons. The summed E-state index contributed by atoms with van der Waals surface area (Å²) in [5.74, 6) is 1.77. The summed E-state index contributed by atoms with van der Waals surface area (Å²) in [7, 11) is 0. The fraction of sp³-hybridized carbons (Fsp3) is 0.609. The van der Waals surface area contributed by atoms with E-state index >= 15 is 0 Å². The monoisotopic (exact) mass is 431 g/mol. The molecule has 8 heteroatoms. The number of rotatable bonds is 8. The molecule has 170 valence electrons. The summed E-state index contributed by atoms with van der Waals surface area (Å²) in [5.41, 5.74) is -0.612. The van der Waals surface area contributed by atoms with E-state index in [-0.39, 0.29) is 24.9 Å². The number of aromatic nitrogens is 2. The van der Waals surface area contributed by atoms with Gasteiger partial charge in [-0.1, -0.05) is 26.7 Å². The van der Waals surface area contributed by atoms with Gasteiger partial charge in [-0.05, 0) is 38.2 Å². The van der Waals surface area contributed by atoms with Crippen LogP contribution >= 0.6 is 0 Å². The maximum Gasteiger partial charge on any atom is 0.328 e. The second-order valence-electron chi connectivity index (χ2n) is 8.29. The van der Waals surface area contributed by atoms with Gasteiger partial charge in [-0.3, -0.25) is 14.2 Å². The Morgan fingerprint density at radius 1 is 1.13 bits per heavy atom. The van der Waals surface area contributed by atoms with Crippen molar-refractivity contribution in [2.45, 2.75) is 66.0 Å². The zero-order chi connectivity index (χ0) is 22.5. The molecule has 1 aromatic heterocycles. The van der Waals surface area contributed by atoms with Crippen LogP contribution in [-0.4, -0.2) is 34.7 Å². The van der Waals surface area contributed by atoms with Gasteiger partial charge < -0.3 is 19.8 Å². The van der Waals surface area contributed by atoms with Gasteiger partial charge in [0.05, 0.1) is 24.1 Å².